The van der Waals surface area contributed by atoms with Gasteiger partial charge in [0.2, 0.25) is 0 Å². The molecule has 0 aliphatic rings. The van der Waals surface area contributed by atoms with Gasteiger partial charge in [-0.25, -0.2) is 0 Å². The molecule has 0 radical (unpaired) electrons. The lowest BCUT2D eigenvalue weighted by Gasteiger charge is -2.24. The van der Waals surface area contributed by atoms with Crippen molar-refractivity contribution in [3.05, 3.63) is 16.9 Å². The highest BCUT2D eigenvalue weighted by atomic mass is 35.5. The van der Waals surface area contributed by atoms with Gasteiger partial charge in [-0.05, 0) is 32.6 Å². The molecule has 1 unspecified atom stereocenters. The second-order valence-electron chi connectivity index (χ2n) is 5.20. The molecule has 1 aromatic heterocycles. The van der Waals surface area contributed by atoms with Crippen molar-refractivity contribution in [2.75, 3.05) is 0 Å². The molecule has 104 valence electrons. The first-order chi connectivity index (χ1) is 8.52. The molecule has 0 spiro atoms. The first-order valence-electron chi connectivity index (χ1n) is 6.93. The van der Waals surface area contributed by atoms with E-state index < -0.39 is 6.10 Å². The van der Waals surface area contributed by atoms with Crippen LogP contribution in [0.15, 0.2) is 6.20 Å². The second-order valence-corrected chi connectivity index (χ2v) is 5.61. The van der Waals surface area contributed by atoms with Crippen molar-refractivity contribution >= 4 is 11.6 Å². The third-order valence-electron chi connectivity index (χ3n) is 3.32. The fourth-order valence-electron chi connectivity index (χ4n) is 2.46. The number of aliphatic hydroxyl groups is 1. The third-order valence-corrected chi connectivity index (χ3v) is 3.61. The van der Waals surface area contributed by atoms with Gasteiger partial charge >= 0.3 is 0 Å². The Morgan fingerprint density at radius 1 is 1.28 bits per heavy atom. The number of hydrogen-bond donors (Lipinski definition) is 1. The lowest BCUT2D eigenvalue weighted by Crippen LogP contribution is -2.18. The minimum Gasteiger partial charge on any atom is -0.386 e. The Kier molecular flexibility index (Phi) is 6.16. The summed E-state index contributed by atoms with van der Waals surface area (Å²) in [4.78, 5) is 0. The van der Waals surface area contributed by atoms with Crippen LogP contribution in [0.1, 0.15) is 71.2 Å². The van der Waals surface area contributed by atoms with Crippen LogP contribution in [0, 0.1) is 5.92 Å². The van der Waals surface area contributed by atoms with Crippen LogP contribution in [-0.4, -0.2) is 14.9 Å². The number of halogens is 1. The van der Waals surface area contributed by atoms with Crippen molar-refractivity contribution in [1.29, 1.82) is 0 Å². The molecule has 0 aliphatic heterocycles. The van der Waals surface area contributed by atoms with Crippen molar-refractivity contribution in [1.82, 2.24) is 9.78 Å². The van der Waals surface area contributed by atoms with E-state index in [0.717, 1.165) is 31.4 Å². The Hall–Kier alpha value is -0.540. The highest BCUT2D eigenvalue weighted by Crippen LogP contribution is 2.34. The Bertz CT molecular complexity index is 357. The van der Waals surface area contributed by atoms with Gasteiger partial charge in [-0.1, -0.05) is 38.3 Å². The van der Waals surface area contributed by atoms with E-state index in [-0.39, 0.29) is 12.0 Å². The van der Waals surface area contributed by atoms with E-state index in [1.54, 1.807) is 6.20 Å². The second kappa shape index (κ2) is 7.15. The summed E-state index contributed by atoms with van der Waals surface area (Å²) >= 11 is 6.18. The van der Waals surface area contributed by atoms with Gasteiger partial charge < -0.3 is 5.11 Å². The summed E-state index contributed by atoms with van der Waals surface area (Å²) in [6.45, 7) is 8.40. The molecule has 0 bridgehead atoms. The molecule has 0 aliphatic carbocycles. The van der Waals surface area contributed by atoms with Crippen LogP contribution in [-0.2, 0) is 0 Å². The molecule has 0 saturated heterocycles. The maximum Gasteiger partial charge on any atom is 0.0999 e. The van der Waals surface area contributed by atoms with Crippen molar-refractivity contribution < 1.29 is 5.11 Å². The third kappa shape index (κ3) is 3.48. The van der Waals surface area contributed by atoms with E-state index in [4.69, 9.17) is 11.6 Å². The average molecular weight is 273 g/mol. The smallest absolute Gasteiger partial charge is 0.0999 e. The lowest BCUT2D eigenvalue weighted by atomic mass is 9.90. The van der Waals surface area contributed by atoms with Crippen LogP contribution in [0.5, 0.6) is 0 Å². The summed E-state index contributed by atoms with van der Waals surface area (Å²) in [5.41, 5.74) is 0.776. The predicted molar refractivity (Wildman–Crippen MR) is 75.9 cm³/mol. The molecule has 0 amide bonds. The maximum absolute atomic E-state index is 10.6. The van der Waals surface area contributed by atoms with Crippen LogP contribution >= 0.6 is 11.6 Å². The van der Waals surface area contributed by atoms with Crippen LogP contribution in [0.2, 0.25) is 5.02 Å². The molecule has 1 heterocycles. The van der Waals surface area contributed by atoms with E-state index >= 15 is 0 Å². The van der Waals surface area contributed by atoms with Crippen molar-refractivity contribution in [2.45, 2.75) is 65.5 Å². The fourth-order valence-corrected chi connectivity index (χ4v) is 2.71. The normalized spacial score (nSPS) is 13.6. The first-order valence-corrected chi connectivity index (χ1v) is 7.31. The Morgan fingerprint density at radius 3 is 2.28 bits per heavy atom. The number of hydrogen-bond acceptors (Lipinski definition) is 2. The minimum atomic E-state index is -0.512. The Morgan fingerprint density at radius 2 is 1.83 bits per heavy atom. The molecule has 1 atom stereocenters. The fraction of sp³-hybridized carbons (Fsp3) is 0.786. The predicted octanol–water partition coefficient (Wildman–Crippen LogP) is 4.37. The number of rotatable bonds is 7. The molecule has 1 aromatic rings. The maximum atomic E-state index is 10.6. The van der Waals surface area contributed by atoms with Gasteiger partial charge in [0, 0.05) is 6.04 Å². The summed E-state index contributed by atoms with van der Waals surface area (Å²) in [6.07, 6.45) is 5.32. The first kappa shape index (κ1) is 15.5. The molecule has 1 N–H and O–H groups in total. The molecule has 18 heavy (non-hydrogen) atoms. The SMILES string of the molecule is CCCC(CCC)C(O)c1c(Cl)cnn1C(C)C. The van der Waals surface area contributed by atoms with Crippen molar-refractivity contribution in [2.24, 2.45) is 5.92 Å². The monoisotopic (exact) mass is 272 g/mol. The number of nitrogens with zero attached hydrogens (tertiary/aromatic N) is 2. The lowest BCUT2D eigenvalue weighted by molar-refractivity contribution is 0.0866. The number of aromatic nitrogens is 2. The van der Waals surface area contributed by atoms with Crippen molar-refractivity contribution in [3.8, 4) is 0 Å². The van der Waals surface area contributed by atoms with Crippen LogP contribution in [0.25, 0.3) is 0 Å². The molecule has 3 nitrogen and oxygen atoms in total. The summed E-state index contributed by atoms with van der Waals surface area (Å²) in [6, 6.07) is 0.214. The topological polar surface area (TPSA) is 38.1 Å². The molecule has 0 aromatic carbocycles. The Labute approximate surface area is 115 Å². The van der Waals surface area contributed by atoms with Crippen LogP contribution < -0.4 is 0 Å². The zero-order valence-corrected chi connectivity index (χ0v) is 12.6. The van der Waals surface area contributed by atoms with Crippen LogP contribution in [0.3, 0.4) is 0 Å². The summed E-state index contributed by atoms with van der Waals surface area (Å²) in [5, 5.41) is 15.4. The molecular weight excluding hydrogens is 248 g/mol. The minimum absolute atomic E-state index is 0.214. The summed E-state index contributed by atoms with van der Waals surface area (Å²) < 4.78 is 1.84. The standard InChI is InChI=1S/C14H25ClN2O/c1-5-7-11(8-6-2)14(18)13-12(15)9-16-17(13)10(3)4/h9-11,14,18H,5-8H2,1-4H3. The van der Waals surface area contributed by atoms with E-state index in [1.165, 1.54) is 0 Å². The molecule has 4 heteroatoms. The zero-order chi connectivity index (χ0) is 13.7. The van der Waals surface area contributed by atoms with Gasteiger partial charge in [0.25, 0.3) is 0 Å². The average Bonchev–Trinajstić information content (AvgIpc) is 2.70. The van der Waals surface area contributed by atoms with E-state index in [2.05, 4.69) is 18.9 Å². The highest BCUT2D eigenvalue weighted by Gasteiger charge is 2.26. The van der Waals surface area contributed by atoms with E-state index in [1.807, 2.05) is 18.5 Å². The van der Waals surface area contributed by atoms with Gasteiger partial charge in [-0.3, -0.25) is 4.68 Å². The van der Waals surface area contributed by atoms with Crippen molar-refractivity contribution in [3.63, 3.8) is 0 Å². The quantitative estimate of drug-likeness (QED) is 0.800. The largest absolute Gasteiger partial charge is 0.386 e. The molecule has 0 saturated carbocycles. The van der Waals surface area contributed by atoms with Gasteiger partial charge in [-0.15, -0.1) is 0 Å². The highest BCUT2D eigenvalue weighted by molar-refractivity contribution is 6.31. The molecule has 0 fully saturated rings. The molecular formula is C14H25ClN2O. The van der Waals surface area contributed by atoms with Gasteiger partial charge in [-0.2, -0.15) is 5.10 Å². The van der Waals surface area contributed by atoms with Gasteiger partial charge in [0.05, 0.1) is 23.0 Å². The Balaban J connectivity index is 2.99. The zero-order valence-electron chi connectivity index (χ0n) is 11.9. The summed E-state index contributed by atoms with van der Waals surface area (Å²) in [5.74, 6) is 0.270. The van der Waals surface area contributed by atoms with E-state index in [9.17, 15) is 5.11 Å². The number of aliphatic hydroxyl groups excluding tert-OH is 1. The van der Waals surface area contributed by atoms with Gasteiger partial charge in [0.1, 0.15) is 0 Å². The summed E-state index contributed by atoms with van der Waals surface area (Å²) in [7, 11) is 0. The van der Waals surface area contributed by atoms with E-state index in [0.29, 0.717) is 5.02 Å². The molecule has 1 rings (SSSR count). The van der Waals surface area contributed by atoms with Crippen LogP contribution in [0.4, 0.5) is 0 Å². The van der Waals surface area contributed by atoms with Gasteiger partial charge in [0.15, 0.2) is 0 Å².